The topological polar surface area (TPSA) is 58.2 Å². The zero-order chi connectivity index (χ0) is 14.8. The molecule has 0 atom stereocenters. The summed E-state index contributed by atoms with van der Waals surface area (Å²) in [5.41, 5.74) is 2.55. The number of fused-ring (bicyclic) bond motifs is 1. The van der Waals surface area contributed by atoms with E-state index >= 15 is 0 Å². The van der Waals surface area contributed by atoms with Gasteiger partial charge in [-0.05, 0) is 35.9 Å². The van der Waals surface area contributed by atoms with E-state index in [-0.39, 0.29) is 11.8 Å². The van der Waals surface area contributed by atoms with Gasteiger partial charge in [-0.15, -0.1) is 0 Å². The Bertz CT molecular complexity index is 728. The summed E-state index contributed by atoms with van der Waals surface area (Å²) in [4.78, 5) is 25.0. The third kappa shape index (κ3) is 2.92. The van der Waals surface area contributed by atoms with Gasteiger partial charge in [0, 0.05) is 28.1 Å². The molecule has 0 saturated heterocycles. The van der Waals surface area contributed by atoms with Gasteiger partial charge >= 0.3 is 0 Å². The fraction of sp³-hybridized carbons (Fsp3) is 0.125. The maximum Gasteiger partial charge on any atom is 0.251 e. The van der Waals surface area contributed by atoms with Crippen LogP contribution in [-0.2, 0) is 11.2 Å². The van der Waals surface area contributed by atoms with E-state index in [0.29, 0.717) is 12.0 Å². The summed E-state index contributed by atoms with van der Waals surface area (Å²) in [6.07, 6.45) is 0.451. The molecule has 0 aliphatic carbocycles. The SMILES string of the molecule is CNC(=O)c1cccc(Sc2ccc3c(c2)NC(=O)C3)c1. The third-order valence-corrected chi connectivity index (χ3v) is 4.24. The van der Waals surface area contributed by atoms with Crippen molar-refractivity contribution in [1.82, 2.24) is 5.32 Å². The molecule has 2 amide bonds. The second-order valence-electron chi connectivity index (χ2n) is 4.75. The van der Waals surface area contributed by atoms with E-state index in [1.165, 1.54) is 0 Å². The standard InChI is InChI=1S/C16H14N2O2S/c1-17-16(20)11-3-2-4-12(7-11)21-13-6-5-10-8-15(19)18-14(10)9-13/h2-7,9H,8H2,1H3,(H,17,20)(H,18,19). The fourth-order valence-electron chi connectivity index (χ4n) is 2.24. The van der Waals surface area contributed by atoms with Gasteiger partial charge in [-0.3, -0.25) is 9.59 Å². The number of nitrogens with one attached hydrogen (secondary N) is 2. The van der Waals surface area contributed by atoms with Gasteiger partial charge in [0.1, 0.15) is 0 Å². The molecule has 0 unspecified atom stereocenters. The largest absolute Gasteiger partial charge is 0.355 e. The minimum Gasteiger partial charge on any atom is -0.355 e. The van der Waals surface area contributed by atoms with Gasteiger partial charge in [-0.1, -0.05) is 23.9 Å². The fourth-order valence-corrected chi connectivity index (χ4v) is 3.16. The molecule has 106 valence electrons. The van der Waals surface area contributed by atoms with Crippen molar-refractivity contribution in [2.24, 2.45) is 0 Å². The molecule has 0 bridgehead atoms. The maximum absolute atomic E-state index is 11.6. The minimum absolute atomic E-state index is 0.0359. The van der Waals surface area contributed by atoms with E-state index in [4.69, 9.17) is 0 Å². The highest BCUT2D eigenvalue weighted by Crippen LogP contribution is 2.33. The van der Waals surface area contributed by atoms with Crippen LogP contribution in [0, 0.1) is 0 Å². The van der Waals surface area contributed by atoms with Crippen LogP contribution in [0.15, 0.2) is 52.3 Å². The first kappa shape index (κ1) is 13.7. The monoisotopic (exact) mass is 298 g/mol. The van der Waals surface area contributed by atoms with Gasteiger partial charge < -0.3 is 10.6 Å². The molecular formula is C16H14N2O2S. The summed E-state index contributed by atoms with van der Waals surface area (Å²) in [6, 6.07) is 13.4. The molecule has 21 heavy (non-hydrogen) atoms. The molecule has 2 aromatic carbocycles. The number of hydrogen-bond acceptors (Lipinski definition) is 3. The number of carbonyl (C=O) groups excluding carboxylic acids is 2. The molecule has 2 aromatic rings. The molecule has 4 nitrogen and oxygen atoms in total. The van der Waals surface area contributed by atoms with Gasteiger partial charge in [-0.25, -0.2) is 0 Å². The lowest BCUT2D eigenvalue weighted by molar-refractivity contribution is -0.115. The Balaban J connectivity index is 1.83. The Kier molecular flexibility index (Phi) is 3.66. The number of hydrogen-bond donors (Lipinski definition) is 2. The molecular weight excluding hydrogens is 284 g/mol. The van der Waals surface area contributed by atoms with Crippen LogP contribution in [0.2, 0.25) is 0 Å². The van der Waals surface area contributed by atoms with Crippen LogP contribution in [0.5, 0.6) is 0 Å². The lowest BCUT2D eigenvalue weighted by Gasteiger charge is -2.06. The van der Waals surface area contributed by atoms with E-state index < -0.39 is 0 Å². The Morgan fingerprint density at radius 2 is 2.00 bits per heavy atom. The highest BCUT2D eigenvalue weighted by atomic mass is 32.2. The van der Waals surface area contributed by atoms with E-state index in [0.717, 1.165) is 21.0 Å². The molecule has 0 spiro atoms. The van der Waals surface area contributed by atoms with Crippen LogP contribution in [0.1, 0.15) is 15.9 Å². The third-order valence-electron chi connectivity index (χ3n) is 3.27. The van der Waals surface area contributed by atoms with Crippen molar-refractivity contribution in [1.29, 1.82) is 0 Å². The van der Waals surface area contributed by atoms with Crippen molar-refractivity contribution in [2.45, 2.75) is 16.2 Å². The molecule has 3 rings (SSSR count). The molecule has 1 aliphatic rings. The van der Waals surface area contributed by atoms with E-state index in [1.54, 1.807) is 24.9 Å². The Labute approximate surface area is 126 Å². The summed E-state index contributed by atoms with van der Waals surface area (Å²) in [5.74, 6) is -0.0626. The van der Waals surface area contributed by atoms with Crippen molar-refractivity contribution in [2.75, 3.05) is 12.4 Å². The van der Waals surface area contributed by atoms with Crippen molar-refractivity contribution >= 4 is 29.3 Å². The van der Waals surface area contributed by atoms with Crippen LogP contribution in [0.3, 0.4) is 0 Å². The Morgan fingerprint density at radius 3 is 2.81 bits per heavy atom. The lowest BCUT2D eigenvalue weighted by Crippen LogP contribution is -2.17. The normalized spacial score (nSPS) is 12.7. The van der Waals surface area contributed by atoms with Crippen LogP contribution < -0.4 is 10.6 Å². The summed E-state index contributed by atoms with van der Waals surface area (Å²) >= 11 is 1.57. The predicted molar refractivity (Wildman–Crippen MR) is 82.7 cm³/mol. The molecule has 1 aliphatic heterocycles. The molecule has 1 heterocycles. The number of carbonyl (C=O) groups is 2. The van der Waals surface area contributed by atoms with E-state index in [1.807, 2.05) is 36.4 Å². The van der Waals surface area contributed by atoms with Gasteiger partial charge in [0.05, 0.1) is 6.42 Å². The van der Waals surface area contributed by atoms with Gasteiger partial charge in [0.25, 0.3) is 5.91 Å². The molecule has 0 aromatic heterocycles. The average Bonchev–Trinajstić information content (AvgIpc) is 2.86. The second kappa shape index (κ2) is 5.61. The van der Waals surface area contributed by atoms with Crippen LogP contribution in [0.25, 0.3) is 0 Å². The lowest BCUT2D eigenvalue weighted by atomic mass is 10.2. The van der Waals surface area contributed by atoms with Crippen LogP contribution in [-0.4, -0.2) is 18.9 Å². The molecule has 2 N–H and O–H groups in total. The second-order valence-corrected chi connectivity index (χ2v) is 5.90. The summed E-state index contributed by atoms with van der Waals surface area (Å²) in [5, 5.41) is 5.46. The quantitative estimate of drug-likeness (QED) is 0.916. The van der Waals surface area contributed by atoms with Crippen molar-refractivity contribution in [3.8, 4) is 0 Å². The highest BCUT2D eigenvalue weighted by Gasteiger charge is 2.17. The molecule has 0 fully saturated rings. The van der Waals surface area contributed by atoms with E-state index in [2.05, 4.69) is 10.6 Å². The Hall–Kier alpha value is -2.27. The summed E-state index contributed by atoms with van der Waals surface area (Å²) in [7, 11) is 1.62. The zero-order valence-electron chi connectivity index (χ0n) is 11.5. The van der Waals surface area contributed by atoms with Crippen molar-refractivity contribution < 1.29 is 9.59 Å². The molecule has 5 heteroatoms. The summed E-state index contributed by atoms with van der Waals surface area (Å²) < 4.78 is 0. The van der Waals surface area contributed by atoms with Crippen LogP contribution in [0.4, 0.5) is 5.69 Å². The first-order chi connectivity index (χ1) is 10.2. The smallest absolute Gasteiger partial charge is 0.251 e. The number of anilines is 1. The first-order valence-electron chi connectivity index (χ1n) is 6.58. The average molecular weight is 298 g/mol. The Morgan fingerprint density at radius 1 is 1.19 bits per heavy atom. The van der Waals surface area contributed by atoms with Crippen LogP contribution >= 0.6 is 11.8 Å². The minimum atomic E-state index is -0.0985. The number of rotatable bonds is 3. The van der Waals surface area contributed by atoms with Crippen molar-refractivity contribution in [3.63, 3.8) is 0 Å². The predicted octanol–water partition coefficient (Wildman–Crippen LogP) is 2.69. The van der Waals surface area contributed by atoms with E-state index in [9.17, 15) is 9.59 Å². The van der Waals surface area contributed by atoms with Gasteiger partial charge in [-0.2, -0.15) is 0 Å². The first-order valence-corrected chi connectivity index (χ1v) is 7.40. The van der Waals surface area contributed by atoms with Gasteiger partial charge in [0.2, 0.25) is 5.91 Å². The highest BCUT2D eigenvalue weighted by molar-refractivity contribution is 7.99. The molecule has 0 saturated carbocycles. The maximum atomic E-state index is 11.6. The van der Waals surface area contributed by atoms with Gasteiger partial charge in [0.15, 0.2) is 0 Å². The molecule has 0 radical (unpaired) electrons. The zero-order valence-corrected chi connectivity index (χ0v) is 12.3. The number of amides is 2. The van der Waals surface area contributed by atoms with Crippen molar-refractivity contribution in [3.05, 3.63) is 53.6 Å². The number of benzene rings is 2. The summed E-state index contributed by atoms with van der Waals surface area (Å²) in [6.45, 7) is 0.